The maximum Gasteiger partial charge on any atom is 0.285 e. The summed E-state index contributed by atoms with van der Waals surface area (Å²) in [5.74, 6) is 0. The van der Waals surface area contributed by atoms with E-state index in [9.17, 15) is 4.79 Å². The quantitative estimate of drug-likeness (QED) is 0.537. The van der Waals surface area contributed by atoms with Gasteiger partial charge >= 0.3 is 0 Å². The van der Waals surface area contributed by atoms with Crippen molar-refractivity contribution in [2.24, 2.45) is 0 Å². The Bertz CT molecular complexity index is 275. The van der Waals surface area contributed by atoms with Gasteiger partial charge in [0, 0.05) is 5.56 Å². The molecule has 1 aromatic heterocycles. The molecule has 1 aromatic rings. The predicted molar refractivity (Wildman–Crippen MR) is 37.4 cm³/mol. The van der Waals surface area contributed by atoms with E-state index >= 15 is 0 Å². The summed E-state index contributed by atoms with van der Waals surface area (Å²) >= 11 is 0. The molecule has 0 aliphatic carbocycles. The van der Waals surface area contributed by atoms with Gasteiger partial charge in [-0.2, -0.15) is 4.73 Å². The molecule has 1 rings (SSSR count). The number of aromatic nitrogens is 1. The molecule has 0 atom stereocenters. The van der Waals surface area contributed by atoms with Gasteiger partial charge in [-0.25, -0.2) is 0 Å². The molecule has 0 spiro atoms. The van der Waals surface area contributed by atoms with Gasteiger partial charge in [-0.1, -0.05) is 0 Å². The van der Waals surface area contributed by atoms with Crippen LogP contribution in [0.5, 0.6) is 0 Å². The Morgan fingerprint density at radius 2 is 2.10 bits per heavy atom. The monoisotopic (exact) mass is 139 g/mol. The Morgan fingerprint density at radius 3 is 2.60 bits per heavy atom. The summed E-state index contributed by atoms with van der Waals surface area (Å²) in [5, 5.41) is 8.89. The second kappa shape index (κ2) is 2.17. The summed E-state index contributed by atoms with van der Waals surface area (Å²) < 4.78 is 0.602. The fraction of sp³-hybridized carbons (Fsp3) is 0.286. The number of aryl methyl sites for hydroxylation is 2. The third-order valence-electron chi connectivity index (χ3n) is 1.32. The van der Waals surface area contributed by atoms with Gasteiger partial charge < -0.3 is 5.21 Å². The minimum Gasteiger partial charge on any atom is -0.425 e. The lowest BCUT2D eigenvalue weighted by Crippen LogP contribution is -2.19. The lowest BCUT2D eigenvalue weighted by molar-refractivity contribution is 0.173. The van der Waals surface area contributed by atoms with Gasteiger partial charge in [0.2, 0.25) is 0 Å². The second-order valence-electron chi connectivity index (χ2n) is 2.35. The highest BCUT2D eigenvalue weighted by molar-refractivity contribution is 5.15. The molecule has 10 heavy (non-hydrogen) atoms. The van der Waals surface area contributed by atoms with E-state index < -0.39 is 0 Å². The second-order valence-corrected chi connectivity index (χ2v) is 2.35. The van der Waals surface area contributed by atoms with Crippen LogP contribution in [0, 0.1) is 13.8 Å². The Balaban J connectivity index is 3.46. The Morgan fingerprint density at radius 1 is 1.50 bits per heavy atom. The first-order valence-electron chi connectivity index (χ1n) is 3.00. The van der Waals surface area contributed by atoms with E-state index in [1.54, 1.807) is 13.0 Å². The van der Waals surface area contributed by atoms with Gasteiger partial charge in [0.25, 0.3) is 5.56 Å². The van der Waals surface area contributed by atoms with Gasteiger partial charge in [0.1, 0.15) is 0 Å². The molecule has 0 fully saturated rings. The lowest BCUT2D eigenvalue weighted by Gasteiger charge is -1.98. The highest BCUT2D eigenvalue weighted by Crippen LogP contribution is 1.94. The van der Waals surface area contributed by atoms with E-state index in [-0.39, 0.29) is 5.56 Å². The fourth-order valence-electron chi connectivity index (χ4n) is 0.873. The summed E-state index contributed by atoms with van der Waals surface area (Å²) in [4.78, 5) is 10.8. The maximum absolute atomic E-state index is 10.8. The first-order valence-corrected chi connectivity index (χ1v) is 3.00. The summed E-state index contributed by atoms with van der Waals surface area (Å²) in [5.41, 5.74) is 1.08. The predicted octanol–water partition coefficient (Wildman–Crippen LogP) is 0.702. The number of hydrogen-bond donors (Lipinski definition) is 1. The summed E-state index contributed by atoms with van der Waals surface area (Å²) in [6.45, 7) is 3.49. The van der Waals surface area contributed by atoms with Crippen LogP contribution in [-0.2, 0) is 0 Å². The van der Waals surface area contributed by atoms with E-state index in [4.69, 9.17) is 5.21 Å². The van der Waals surface area contributed by atoms with Crippen molar-refractivity contribution in [2.45, 2.75) is 13.8 Å². The number of nitrogens with zero attached hydrogens (tertiary/aromatic N) is 1. The van der Waals surface area contributed by atoms with E-state index in [0.29, 0.717) is 10.3 Å². The molecule has 0 aliphatic rings. The third-order valence-corrected chi connectivity index (χ3v) is 1.32. The highest BCUT2D eigenvalue weighted by atomic mass is 16.5. The van der Waals surface area contributed by atoms with Gasteiger partial charge in [-0.3, -0.25) is 4.79 Å². The number of rotatable bonds is 0. The van der Waals surface area contributed by atoms with Crippen molar-refractivity contribution >= 4 is 0 Å². The molecule has 0 amide bonds. The van der Waals surface area contributed by atoms with Crippen LogP contribution < -0.4 is 5.56 Å². The van der Waals surface area contributed by atoms with Crippen molar-refractivity contribution in [1.29, 1.82) is 0 Å². The van der Waals surface area contributed by atoms with Crippen molar-refractivity contribution in [3.63, 3.8) is 0 Å². The standard InChI is InChI=1S/C7H9NO2/c1-5-3-6(2)7(9)8(10)4-5/h3-4,10H,1-2H3. The van der Waals surface area contributed by atoms with Gasteiger partial charge in [0.15, 0.2) is 0 Å². The average molecular weight is 139 g/mol. The molecule has 0 saturated carbocycles. The van der Waals surface area contributed by atoms with E-state index in [0.717, 1.165) is 5.56 Å². The van der Waals surface area contributed by atoms with Gasteiger partial charge in [0.05, 0.1) is 6.20 Å². The molecule has 0 aliphatic heterocycles. The SMILES string of the molecule is Cc1cc(C)c(=O)n(O)c1. The van der Waals surface area contributed by atoms with Crippen LogP contribution in [0.25, 0.3) is 0 Å². The maximum atomic E-state index is 10.8. The largest absolute Gasteiger partial charge is 0.425 e. The molecular weight excluding hydrogens is 130 g/mol. The molecule has 0 unspecified atom stereocenters. The molecule has 0 radical (unpaired) electrons. The number of hydrogen-bond acceptors (Lipinski definition) is 2. The van der Waals surface area contributed by atoms with E-state index in [2.05, 4.69) is 0 Å². The molecule has 3 heteroatoms. The molecule has 0 bridgehead atoms. The smallest absolute Gasteiger partial charge is 0.285 e. The van der Waals surface area contributed by atoms with Crippen molar-refractivity contribution in [3.8, 4) is 0 Å². The zero-order valence-corrected chi connectivity index (χ0v) is 5.96. The summed E-state index contributed by atoms with van der Waals surface area (Å²) in [6.07, 6.45) is 1.38. The zero-order chi connectivity index (χ0) is 7.72. The molecule has 1 N–H and O–H groups in total. The van der Waals surface area contributed by atoms with Crippen LogP contribution in [0.2, 0.25) is 0 Å². The normalized spacial score (nSPS) is 9.80. The van der Waals surface area contributed by atoms with Crippen molar-refractivity contribution in [3.05, 3.63) is 33.7 Å². The first-order chi connectivity index (χ1) is 4.61. The molecule has 54 valence electrons. The average Bonchev–Trinajstić information content (AvgIpc) is 1.82. The minimum absolute atomic E-state index is 0.356. The summed E-state index contributed by atoms with van der Waals surface area (Å²) in [7, 11) is 0. The zero-order valence-electron chi connectivity index (χ0n) is 5.96. The van der Waals surface area contributed by atoms with Crippen molar-refractivity contribution in [2.75, 3.05) is 0 Å². The molecular formula is C7H9NO2. The number of pyridine rings is 1. The van der Waals surface area contributed by atoms with Crippen molar-refractivity contribution < 1.29 is 5.21 Å². The third kappa shape index (κ3) is 1.03. The minimum atomic E-state index is -0.356. The summed E-state index contributed by atoms with van der Waals surface area (Å²) in [6, 6.07) is 1.73. The molecule has 1 heterocycles. The van der Waals surface area contributed by atoms with Crippen LogP contribution in [-0.4, -0.2) is 9.94 Å². The topological polar surface area (TPSA) is 42.2 Å². The Hall–Kier alpha value is -1.25. The molecule has 0 saturated heterocycles. The fourth-order valence-corrected chi connectivity index (χ4v) is 0.873. The van der Waals surface area contributed by atoms with Gasteiger partial charge in [-0.05, 0) is 25.5 Å². The van der Waals surface area contributed by atoms with E-state index in [1.807, 2.05) is 6.92 Å². The van der Waals surface area contributed by atoms with Crippen LogP contribution in [0.4, 0.5) is 0 Å². The molecule has 0 aromatic carbocycles. The van der Waals surface area contributed by atoms with Crippen molar-refractivity contribution in [1.82, 2.24) is 4.73 Å². The van der Waals surface area contributed by atoms with Crippen LogP contribution in [0.3, 0.4) is 0 Å². The van der Waals surface area contributed by atoms with Crippen LogP contribution >= 0.6 is 0 Å². The van der Waals surface area contributed by atoms with E-state index in [1.165, 1.54) is 6.20 Å². The van der Waals surface area contributed by atoms with Crippen LogP contribution in [0.1, 0.15) is 11.1 Å². The molecule has 3 nitrogen and oxygen atoms in total. The Kier molecular flexibility index (Phi) is 1.49. The van der Waals surface area contributed by atoms with Gasteiger partial charge in [-0.15, -0.1) is 0 Å². The highest BCUT2D eigenvalue weighted by Gasteiger charge is 1.96. The first kappa shape index (κ1) is 6.86. The van der Waals surface area contributed by atoms with Crippen LogP contribution in [0.15, 0.2) is 17.1 Å². The Labute approximate surface area is 58.5 Å². The lowest BCUT2D eigenvalue weighted by atomic mass is 10.2.